The van der Waals surface area contributed by atoms with Crippen LogP contribution in [0, 0.1) is 5.92 Å². The molecule has 2 aliphatic heterocycles. The molecule has 2 aliphatic rings. The summed E-state index contributed by atoms with van der Waals surface area (Å²) in [6, 6.07) is 7.69. The second kappa shape index (κ2) is 13.8. The third-order valence-electron chi connectivity index (χ3n) is 8.02. The predicted molar refractivity (Wildman–Crippen MR) is 150 cm³/mol. The lowest BCUT2D eigenvalue weighted by Crippen LogP contribution is -2.45. The van der Waals surface area contributed by atoms with Crippen LogP contribution in [0.25, 0.3) is 0 Å². The van der Waals surface area contributed by atoms with Crippen LogP contribution < -0.4 is 4.74 Å². The number of ether oxygens (including phenoxy) is 1. The predicted octanol–water partition coefficient (Wildman–Crippen LogP) is 3.09. The van der Waals surface area contributed by atoms with Gasteiger partial charge in [0.1, 0.15) is 12.1 Å². The molecule has 3 atom stereocenters. The van der Waals surface area contributed by atoms with Crippen molar-refractivity contribution in [3.63, 3.8) is 0 Å². The van der Waals surface area contributed by atoms with E-state index < -0.39 is 11.9 Å². The number of aryl methyl sites for hydroxylation is 1. The molecule has 0 bridgehead atoms. The quantitative estimate of drug-likeness (QED) is 0.393. The van der Waals surface area contributed by atoms with Crippen LogP contribution in [0.4, 0.5) is 0 Å². The first kappa shape index (κ1) is 29.0. The lowest BCUT2D eigenvalue weighted by atomic mass is 9.83. The summed E-state index contributed by atoms with van der Waals surface area (Å²) in [5.41, 5.74) is 3.03. The molecule has 1 aromatic carbocycles. The SMILES string of the molecule is CCCCN(CCCN(C)C)C(=O)CN1CC(c2ccc3c(c2)CCO3)C(C(=O)O)C1CCc1ccncn1. The van der Waals surface area contributed by atoms with Gasteiger partial charge in [0.25, 0.3) is 0 Å². The fourth-order valence-corrected chi connectivity index (χ4v) is 5.95. The Bertz CT molecular complexity index is 1100. The number of hydrogen-bond acceptors (Lipinski definition) is 7. The topological polar surface area (TPSA) is 99.1 Å². The van der Waals surface area contributed by atoms with E-state index in [4.69, 9.17) is 4.74 Å². The highest BCUT2D eigenvalue weighted by molar-refractivity contribution is 5.79. The van der Waals surface area contributed by atoms with Crippen molar-refractivity contribution in [2.45, 2.75) is 57.4 Å². The van der Waals surface area contributed by atoms with Crippen molar-refractivity contribution in [1.29, 1.82) is 0 Å². The zero-order valence-electron chi connectivity index (χ0n) is 23.6. The van der Waals surface area contributed by atoms with E-state index >= 15 is 0 Å². The van der Waals surface area contributed by atoms with Crippen LogP contribution in [-0.4, -0.2) is 101 Å². The number of carboxylic acids is 1. The molecule has 212 valence electrons. The maximum absolute atomic E-state index is 13.7. The molecular formula is C30H43N5O4. The zero-order valence-corrected chi connectivity index (χ0v) is 23.6. The number of benzene rings is 1. The third-order valence-corrected chi connectivity index (χ3v) is 8.02. The summed E-state index contributed by atoms with van der Waals surface area (Å²) >= 11 is 0. The largest absolute Gasteiger partial charge is 0.493 e. The fourth-order valence-electron chi connectivity index (χ4n) is 5.95. The van der Waals surface area contributed by atoms with Gasteiger partial charge < -0.3 is 19.6 Å². The Kier molecular flexibility index (Phi) is 10.3. The van der Waals surface area contributed by atoms with Crippen LogP contribution in [-0.2, 0) is 22.4 Å². The second-order valence-corrected chi connectivity index (χ2v) is 11.1. The van der Waals surface area contributed by atoms with Crippen molar-refractivity contribution in [1.82, 2.24) is 24.7 Å². The van der Waals surface area contributed by atoms with E-state index in [9.17, 15) is 14.7 Å². The molecule has 1 saturated heterocycles. The highest BCUT2D eigenvalue weighted by atomic mass is 16.5. The van der Waals surface area contributed by atoms with Crippen molar-refractivity contribution >= 4 is 11.9 Å². The number of unbranched alkanes of at least 4 members (excludes halogenated alkanes) is 1. The third kappa shape index (κ3) is 7.54. The molecule has 1 amide bonds. The van der Waals surface area contributed by atoms with Gasteiger partial charge in [-0.15, -0.1) is 0 Å². The van der Waals surface area contributed by atoms with Crippen LogP contribution in [0.2, 0.25) is 0 Å². The van der Waals surface area contributed by atoms with E-state index in [1.165, 1.54) is 6.33 Å². The van der Waals surface area contributed by atoms with Gasteiger partial charge in [-0.1, -0.05) is 25.5 Å². The number of carbonyl (C=O) groups is 2. The van der Waals surface area contributed by atoms with Crippen LogP contribution >= 0.6 is 0 Å². The van der Waals surface area contributed by atoms with Crippen molar-refractivity contribution < 1.29 is 19.4 Å². The molecular weight excluding hydrogens is 494 g/mol. The van der Waals surface area contributed by atoms with E-state index in [0.29, 0.717) is 32.5 Å². The Hall–Kier alpha value is -3.04. The van der Waals surface area contributed by atoms with Crippen LogP contribution in [0.5, 0.6) is 5.75 Å². The fraction of sp³-hybridized carbons (Fsp3) is 0.600. The van der Waals surface area contributed by atoms with Crippen molar-refractivity contribution in [3.05, 3.63) is 53.6 Å². The van der Waals surface area contributed by atoms with Crippen LogP contribution in [0.3, 0.4) is 0 Å². The van der Waals surface area contributed by atoms with Crippen molar-refractivity contribution in [2.24, 2.45) is 5.92 Å². The number of carbonyl (C=O) groups excluding carboxylic acids is 1. The first-order chi connectivity index (χ1) is 18.9. The molecule has 9 heteroatoms. The number of aromatic nitrogens is 2. The summed E-state index contributed by atoms with van der Waals surface area (Å²) in [6.45, 7) is 5.94. The van der Waals surface area contributed by atoms with Gasteiger partial charge in [-0.25, -0.2) is 9.97 Å². The number of fused-ring (bicyclic) bond motifs is 1. The van der Waals surface area contributed by atoms with Gasteiger partial charge in [-0.05, 0) is 69.6 Å². The van der Waals surface area contributed by atoms with Gasteiger partial charge in [0.15, 0.2) is 0 Å². The maximum Gasteiger partial charge on any atom is 0.308 e. The van der Waals surface area contributed by atoms with Gasteiger partial charge in [0.2, 0.25) is 5.91 Å². The summed E-state index contributed by atoms with van der Waals surface area (Å²) in [5.74, 6) is -0.651. The monoisotopic (exact) mass is 537 g/mol. The number of nitrogens with zero attached hydrogens (tertiary/aromatic N) is 5. The first-order valence-electron chi connectivity index (χ1n) is 14.3. The van der Waals surface area contributed by atoms with Gasteiger partial charge in [0.05, 0.1) is 19.1 Å². The highest BCUT2D eigenvalue weighted by Crippen LogP contribution is 2.41. The molecule has 1 aromatic heterocycles. The first-order valence-corrected chi connectivity index (χ1v) is 14.3. The Labute approximate surface area is 232 Å². The number of rotatable bonds is 14. The van der Waals surface area contributed by atoms with Gasteiger partial charge in [-0.3, -0.25) is 14.5 Å². The lowest BCUT2D eigenvalue weighted by molar-refractivity contribution is -0.143. The average Bonchev–Trinajstić information content (AvgIpc) is 3.54. The second-order valence-electron chi connectivity index (χ2n) is 11.1. The number of aliphatic carboxylic acids is 1. The minimum absolute atomic E-state index is 0.0846. The number of hydrogen-bond donors (Lipinski definition) is 1. The molecule has 3 heterocycles. The van der Waals surface area contributed by atoms with Crippen molar-refractivity contribution in [3.8, 4) is 5.75 Å². The molecule has 1 N–H and O–H groups in total. The maximum atomic E-state index is 13.7. The standard InChI is InChI=1S/C30H43N5O4/c1-4-5-15-34(16-6-14-33(2)3)28(36)20-35-19-25(22-7-10-27-23(18-22)12-17-39-27)29(30(37)38)26(35)9-8-24-11-13-31-21-32-24/h7,10-11,13,18,21,25-26,29H,4-6,8-9,12,14-17,19-20H2,1-3H3,(H,37,38). The zero-order chi connectivity index (χ0) is 27.8. The molecule has 39 heavy (non-hydrogen) atoms. The minimum atomic E-state index is -0.812. The average molecular weight is 538 g/mol. The van der Waals surface area contributed by atoms with Crippen molar-refractivity contribution in [2.75, 3.05) is 53.4 Å². The normalized spacial score (nSPS) is 20.7. The summed E-state index contributed by atoms with van der Waals surface area (Å²) < 4.78 is 5.69. The van der Waals surface area contributed by atoms with Gasteiger partial charge in [-0.2, -0.15) is 0 Å². The Morgan fingerprint density at radius 1 is 1.15 bits per heavy atom. The molecule has 0 spiro atoms. The van der Waals surface area contributed by atoms with E-state index in [0.717, 1.165) is 61.3 Å². The van der Waals surface area contributed by atoms with E-state index in [2.05, 4.69) is 32.8 Å². The molecule has 3 unspecified atom stereocenters. The molecule has 9 nitrogen and oxygen atoms in total. The number of amides is 1. The molecule has 2 aromatic rings. The number of likely N-dealkylation sites (tertiary alicyclic amines) is 1. The summed E-state index contributed by atoms with van der Waals surface area (Å²) in [5, 5.41) is 10.5. The summed E-state index contributed by atoms with van der Waals surface area (Å²) in [7, 11) is 4.09. The molecule has 4 rings (SSSR count). The Morgan fingerprint density at radius 2 is 1.97 bits per heavy atom. The van der Waals surface area contributed by atoms with Crippen LogP contribution in [0.1, 0.15) is 55.3 Å². The summed E-state index contributed by atoms with van der Waals surface area (Å²) in [6.07, 6.45) is 8.21. The smallest absolute Gasteiger partial charge is 0.308 e. The van der Waals surface area contributed by atoms with Crippen LogP contribution in [0.15, 0.2) is 36.8 Å². The Morgan fingerprint density at radius 3 is 2.69 bits per heavy atom. The van der Waals surface area contributed by atoms with E-state index in [1.54, 1.807) is 6.20 Å². The molecule has 0 radical (unpaired) electrons. The van der Waals surface area contributed by atoms with E-state index in [1.807, 2.05) is 37.2 Å². The molecule has 1 fully saturated rings. The highest BCUT2D eigenvalue weighted by Gasteiger charge is 2.47. The summed E-state index contributed by atoms with van der Waals surface area (Å²) in [4.78, 5) is 41.0. The van der Waals surface area contributed by atoms with Gasteiger partial charge in [0, 0.05) is 49.9 Å². The lowest BCUT2D eigenvalue weighted by Gasteiger charge is -2.30. The number of carboxylic acid groups (broad SMARTS) is 1. The molecule has 0 saturated carbocycles. The molecule has 0 aliphatic carbocycles. The minimum Gasteiger partial charge on any atom is -0.493 e. The Balaban J connectivity index is 1.56. The van der Waals surface area contributed by atoms with E-state index in [-0.39, 0.29) is 24.4 Å². The van der Waals surface area contributed by atoms with Gasteiger partial charge >= 0.3 is 5.97 Å².